The third-order valence-electron chi connectivity index (χ3n) is 3.55. The van der Waals surface area contributed by atoms with Crippen molar-refractivity contribution >= 4 is 35.1 Å². The van der Waals surface area contributed by atoms with Crippen molar-refractivity contribution in [3.8, 4) is 17.1 Å². The average Bonchev–Trinajstić information content (AvgIpc) is 3.06. The molecule has 0 atom stereocenters. The summed E-state index contributed by atoms with van der Waals surface area (Å²) in [5.74, 6) is 0.919. The number of benzene rings is 2. The molecule has 5 heteroatoms. The maximum Gasteiger partial charge on any atom is 0.144 e. The van der Waals surface area contributed by atoms with Crippen molar-refractivity contribution in [1.29, 1.82) is 0 Å². The minimum atomic E-state index is 0.507. The number of hydrogen-bond acceptors (Lipinski definition) is 3. The number of hydrogen-bond donors (Lipinski definition) is 0. The maximum atomic E-state index is 6.47. The van der Waals surface area contributed by atoms with Crippen LogP contribution < -0.4 is 0 Å². The van der Waals surface area contributed by atoms with Gasteiger partial charge in [0.05, 0.1) is 5.02 Å². The van der Waals surface area contributed by atoms with E-state index in [-0.39, 0.29) is 0 Å². The van der Waals surface area contributed by atoms with Gasteiger partial charge in [0.15, 0.2) is 0 Å². The molecule has 0 spiro atoms. The van der Waals surface area contributed by atoms with Gasteiger partial charge in [-0.2, -0.15) is 0 Å². The molecule has 0 saturated carbocycles. The molecule has 3 aromatic rings. The number of halogens is 1. The summed E-state index contributed by atoms with van der Waals surface area (Å²) >= 11 is 9.98. The molecule has 0 saturated heterocycles. The Hall–Kier alpha value is -1.36. The van der Waals surface area contributed by atoms with Crippen molar-refractivity contribution in [1.82, 2.24) is 9.55 Å². The number of imidazole rings is 1. The predicted molar refractivity (Wildman–Crippen MR) is 107 cm³/mol. The highest BCUT2D eigenvalue weighted by molar-refractivity contribution is 8.00. The van der Waals surface area contributed by atoms with Crippen LogP contribution in [0.25, 0.3) is 17.1 Å². The summed E-state index contributed by atoms with van der Waals surface area (Å²) in [6.07, 6.45) is 5.87. The molecular weight excluding hydrogens is 356 g/mol. The second-order valence-electron chi connectivity index (χ2n) is 5.63. The summed E-state index contributed by atoms with van der Waals surface area (Å²) in [6, 6.07) is 14.6. The summed E-state index contributed by atoms with van der Waals surface area (Å²) in [6.45, 7) is 4.34. The van der Waals surface area contributed by atoms with E-state index in [0.717, 1.165) is 27.0 Å². The zero-order valence-electron chi connectivity index (χ0n) is 13.9. The molecule has 124 valence electrons. The Morgan fingerprint density at radius 1 is 1.08 bits per heavy atom. The smallest absolute Gasteiger partial charge is 0.144 e. The maximum absolute atomic E-state index is 6.47. The fourth-order valence-electron chi connectivity index (χ4n) is 2.45. The average molecular weight is 375 g/mol. The molecule has 0 unspecified atom stereocenters. The largest absolute Gasteiger partial charge is 0.300 e. The summed E-state index contributed by atoms with van der Waals surface area (Å²) in [5.41, 5.74) is 2.11. The first-order valence-corrected chi connectivity index (χ1v) is 10.2. The van der Waals surface area contributed by atoms with Crippen LogP contribution in [0.5, 0.6) is 0 Å². The summed E-state index contributed by atoms with van der Waals surface area (Å²) in [7, 11) is 0. The van der Waals surface area contributed by atoms with Crippen molar-refractivity contribution in [2.75, 3.05) is 6.26 Å². The molecular formula is C19H19ClN2S2. The van der Waals surface area contributed by atoms with Gasteiger partial charge in [-0.05, 0) is 36.6 Å². The molecule has 1 heterocycles. The minimum absolute atomic E-state index is 0.507. The van der Waals surface area contributed by atoms with Gasteiger partial charge in [0.1, 0.15) is 5.82 Å². The fraction of sp³-hybridized carbons (Fsp3) is 0.211. The van der Waals surface area contributed by atoms with Crippen LogP contribution in [0.15, 0.2) is 64.6 Å². The molecule has 0 fully saturated rings. The van der Waals surface area contributed by atoms with Crippen LogP contribution in [0.3, 0.4) is 0 Å². The summed E-state index contributed by atoms with van der Waals surface area (Å²) in [4.78, 5) is 6.88. The van der Waals surface area contributed by atoms with Gasteiger partial charge in [0.2, 0.25) is 0 Å². The third kappa shape index (κ3) is 3.82. The van der Waals surface area contributed by atoms with Gasteiger partial charge in [0, 0.05) is 38.7 Å². The van der Waals surface area contributed by atoms with Gasteiger partial charge in [0.25, 0.3) is 0 Å². The van der Waals surface area contributed by atoms with Crippen LogP contribution >= 0.6 is 35.1 Å². The second kappa shape index (κ2) is 7.68. The van der Waals surface area contributed by atoms with E-state index < -0.39 is 0 Å². The van der Waals surface area contributed by atoms with Crippen LogP contribution in [-0.4, -0.2) is 21.1 Å². The molecule has 0 N–H and O–H groups in total. The van der Waals surface area contributed by atoms with Gasteiger partial charge in [-0.3, -0.25) is 4.57 Å². The lowest BCUT2D eigenvalue weighted by atomic mass is 10.2. The molecule has 0 radical (unpaired) electrons. The molecule has 0 amide bonds. The van der Waals surface area contributed by atoms with Gasteiger partial charge >= 0.3 is 0 Å². The molecule has 24 heavy (non-hydrogen) atoms. The molecule has 0 aliphatic heterocycles. The lowest BCUT2D eigenvalue weighted by molar-refractivity contribution is 1.06. The van der Waals surface area contributed by atoms with E-state index in [9.17, 15) is 0 Å². The highest BCUT2D eigenvalue weighted by Crippen LogP contribution is 2.33. The van der Waals surface area contributed by atoms with E-state index in [1.165, 1.54) is 4.90 Å². The van der Waals surface area contributed by atoms with Crippen LogP contribution in [0.1, 0.15) is 13.8 Å². The first-order valence-electron chi connectivity index (χ1n) is 7.73. The number of aromatic nitrogens is 2. The fourth-order valence-corrected chi connectivity index (χ4v) is 4.00. The Kier molecular flexibility index (Phi) is 5.59. The van der Waals surface area contributed by atoms with E-state index in [1.54, 1.807) is 23.5 Å². The van der Waals surface area contributed by atoms with Crippen LogP contribution in [-0.2, 0) is 0 Å². The van der Waals surface area contributed by atoms with Gasteiger partial charge in [-0.1, -0.05) is 37.6 Å². The topological polar surface area (TPSA) is 17.8 Å². The quantitative estimate of drug-likeness (QED) is 0.480. The van der Waals surface area contributed by atoms with Gasteiger partial charge < -0.3 is 0 Å². The lowest BCUT2D eigenvalue weighted by Crippen LogP contribution is -1.97. The molecule has 0 bridgehead atoms. The molecule has 3 rings (SSSR count). The van der Waals surface area contributed by atoms with Crippen molar-refractivity contribution in [2.45, 2.75) is 28.9 Å². The monoisotopic (exact) mass is 374 g/mol. The minimum Gasteiger partial charge on any atom is -0.300 e. The Morgan fingerprint density at radius 2 is 1.83 bits per heavy atom. The van der Waals surface area contributed by atoms with Crippen molar-refractivity contribution in [3.63, 3.8) is 0 Å². The highest BCUT2D eigenvalue weighted by Gasteiger charge is 2.10. The van der Waals surface area contributed by atoms with E-state index >= 15 is 0 Å². The lowest BCUT2D eigenvalue weighted by Gasteiger charge is -2.12. The van der Waals surface area contributed by atoms with Crippen LogP contribution in [0, 0.1) is 0 Å². The molecule has 2 nitrogen and oxygen atoms in total. The van der Waals surface area contributed by atoms with Gasteiger partial charge in [-0.25, -0.2) is 4.98 Å². The molecule has 2 aromatic carbocycles. The zero-order chi connectivity index (χ0) is 17.1. The zero-order valence-corrected chi connectivity index (χ0v) is 16.3. The highest BCUT2D eigenvalue weighted by atomic mass is 35.5. The second-order valence-corrected chi connectivity index (χ2v) is 8.54. The van der Waals surface area contributed by atoms with E-state index in [0.29, 0.717) is 5.25 Å². The van der Waals surface area contributed by atoms with Crippen molar-refractivity contribution in [2.24, 2.45) is 0 Å². The number of rotatable bonds is 5. The Labute approximate surface area is 156 Å². The standard InChI is InChI=1S/C19H19ClN2S2/c1-13(2)24-18-9-6-15(12-17(18)20)22-11-10-21-19(22)14-4-7-16(23-3)8-5-14/h4-13H,1-3H3. The number of thioether (sulfide) groups is 2. The molecule has 1 aromatic heterocycles. The van der Waals surface area contributed by atoms with E-state index in [2.05, 4.69) is 66.1 Å². The third-order valence-corrected chi connectivity index (χ3v) is 5.79. The van der Waals surface area contributed by atoms with Crippen LogP contribution in [0.4, 0.5) is 0 Å². The summed E-state index contributed by atoms with van der Waals surface area (Å²) < 4.78 is 2.07. The van der Waals surface area contributed by atoms with Crippen molar-refractivity contribution < 1.29 is 0 Å². The summed E-state index contributed by atoms with van der Waals surface area (Å²) in [5, 5.41) is 1.29. The van der Waals surface area contributed by atoms with Crippen LogP contribution in [0.2, 0.25) is 5.02 Å². The van der Waals surface area contributed by atoms with E-state index in [4.69, 9.17) is 11.6 Å². The molecule has 0 aliphatic rings. The Bertz CT molecular complexity index is 826. The number of nitrogens with zero attached hydrogens (tertiary/aromatic N) is 2. The van der Waals surface area contributed by atoms with Crippen molar-refractivity contribution in [3.05, 3.63) is 59.9 Å². The SMILES string of the molecule is CSc1ccc(-c2nccn2-c2ccc(SC(C)C)c(Cl)c2)cc1. The predicted octanol–water partition coefficient (Wildman–Crippen LogP) is 6.42. The first kappa shape index (κ1) is 17.5. The van der Waals surface area contributed by atoms with E-state index in [1.807, 2.05) is 18.5 Å². The first-order chi connectivity index (χ1) is 11.6. The normalized spacial score (nSPS) is 11.2. The Morgan fingerprint density at radius 3 is 2.46 bits per heavy atom. The van der Waals surface area contributed by atoms with Gasteiger partial charge in [-0.15, -0.1) is 23.5 Å². The molecule has 0 aliphatic carbocycles. The Balaban J connectivity index is 1.96.